The first kappa shape index (κ1) is 16.9. The van der Waals surface area contributed by atoms with Crippen molar-refractivity contribution in [3.8, 4) is 0 Å². The van der Waals surface area contributed by atoms with Gasteiger partial charge in [-0.25, -0.2) is 0 Å². The van der Waals surface area contributed by atoms with Crippen molar-refractivity contribution in [1.82, 2.24) is 5.32 Å². The monoisotopic (exact) mass is 291 g/mol. The fourth-order valence-electron chi connectivity index (χ4n) is 1.67. The molecule has 0 fully saturated rings. The van der Waals surface area contributed by atoms with Crippen molar-refractivity contribution in [3.05, 3.63) is 35.4 Å². The molecular formula is C16H21NO4. The molecule has 0 spiro atoms. The van der Waals surface area contributed by atoms with Crippen LogP contribution in [0.25, 0.3) is 0 Å². The number of esters is 1. The number of rotatable bonds is 6. The Bertz CT molecular complexity index is 517. The molecule has 0 bridgehead atoms. The van der Waals surface area contributed by atoms with Gasteiger partial charge in [0.15, 0.2) is 0 Å². The fraction of sp³-hybridized carbons (Fsp3) is 0.438. The largest absolute Gasteiger partial charge is 0.460 e. The molecule has 0 atom stereocenters. The van der Waals surface area contributed by atoms with Crippen LogP contribution in [-0.2, 0) is 20.9 Å². The second-order valence-electron chi connectivity index (χ2n) is 5.73. The van der Waals surface area contributed by atoms with E-state index in [9.17, 15) is 14.4 Å². The molecule has 0 aliphatic rings. The van der Waals surface area contributed by atoms with Crippen LogP contribution in [0, 0.1) is 0 Å². The molecule has 5 heteroatoms. The third-order valence-electron chi connectivity index (χ3n) is 2.55. The summed E-state index contributed by atoms with van der Waals surface area (Å²) in [5, 5.41) is 2.71. The SMILES string of the molecule is CC(C)(C)OC(=O)CCC(=O)NCc1cccc(C=O)c1. The zero-order valence-corrected chi connectivity index (χ0v) is 12.6. The molecule has 114 valence electrons. The normalized spacial score (nSPS) is 10.8. The molecule has 0 saturated carbocycles. The number of benzene rings is 1. The number of ether oxygens (including phenoxy) is 1. The molecule has 0 saturated heterocycles. The summed E-state index contributed by atoms with van der Waals surface area (Å²) in [6.07, 6.45) is 0.896. The van der Waals surface area contributed by atoms with Gasteiger partial charge >= 0.3 is 5.97 Å². The van der Waals surface area contributed by atoms with Gasteiger partial charge in [0.1, 0.15) is 11.9 Å². The van der Waals surface area contributed by atoms with Crippen LogP contribution in [-0.4, -0.2) is 23.8 Å². The predicted octanol–water partition coefficient (Wildman–Crippen LogP) is 2.24. The highest BCUT2D eigenvalue weighted by molar-refractivity contribution is 5.81. The summed E-state index contributed by atoms with van der Waals surface area (Å²) in [5.74, 6) is -0.613. The standard InChI is InChI=1S/C16H21NO4/c1-16(2,3)21-15(20)8-7-14(19)17-10-12-5-4-6-13(9-12)11-18/h4-6,9,11H,7-8,10H2,1-3H3,(H,17,19). The number of carbonyl (C=O) groups is 3. The van der Waals surface area contributed by atoms with Crippen LogP contribution in [0.2, 0.25) is 0 Å². The number of carbonyl (C=O) groups excluding carboxylic acids is 3. The van der Waals surface area contributed by atoms with Crippen molar-refractivity contribution in [2.45, 2.75) is 45.8 Å². The molecular weight excluding hydrogens is 270 g/mol. The minimum atomic E-state index is -0.539. The Hall–Kier alpha value is -2.17. The van der Waals surface area contributed by atoms with Crippen molar-refractivity contribution < 1.29 is 19.1 Å². The van der Waals surface area contributed by atoms with E-state index >= 15 is 0 Å². The first-order valence-corrected chi connectivity index (χ1v) is 6.83. The molecule has 1 amide bonds. The van der Waals surface area contributed by atoms with Gasteiger partial charge in [-0.15, -0.1) is 0 Å². The lowest BCUT2D eigenvalue weighted by atomic mass is 10.1. The van der Waals surface area contributed by atoms with Crippen LogP contribution < -0.4 is 5.32 Å². The molecule has 0 unspecified atom stereocenters. The van der Waals surface area contributed by atoms with Crippen LogP contribution in [0.1, 0.15) is 49.5 Å². The average Bonchev–Trinajstić information content (AvgIpc) is 2.41. The van der Waals surface area contributed by atoms with Crippen LogP contribution in [0.15, 0.2) is 24.3 Å². The summed E-state index contributed by atoms with van der Waals surface area (Å²) in [6.45, 7) is 5.68. The van der Waals surface area contributed by atoms with Gasteiger partial charge < -0.3 is 10.1 Å². The third-order valence-corrected chi connectivity index (χ3v) is 2.55. The van der Waals surface area contributed by atoms with Crippen molar-refractivity contribution >= 4 is 18.2 Å². The Kier molecular flexibility index (Phi) is 6.09. The number of hydrogen-bond donors (Lipinski definition) is 1. The van der Waals surface area contributed by atoms with E-state index in [0.29, 0.717) is 12.1 Å². The van der Waals surface area contributed by atoms with Gasteiger partial charge in [0.2, 0.25) is 5.91 Å². The molecule has 0 aliphatic carbocycles. The number of nitrogens with one attached hydrogen (secondary N) is 1. The van der Waals surface area contributed by atoms with Gasteiger partial charge in [-0.2, -0.15) is 0 Å². The minimum absolute atomic E-state index is 0.0531. The molecule has 1 aromatic rings. The molecule has 0 radical (unpaired) electrons. The van der Waals surface area contributed by atoms with Crippen LogP contribution in [0.3, 0.4) is 0 Å². The quantitative estimate of drug-likeness (QED) is 0.644. The topological polar surface area (TPSA) is 72.5 Å². The second-order valence-corrected chi connectivity index (χ2v) is 5.73. The summed E-state index contributed by atoms with van der Waals surface area (Å²) in [5.41, 5.74) is 0.865. The Labute approximate surface area is 124 Å². The maximum Gasteiger partial charge on any atom is 0.306 e. The lowest BCUT2D eigenvalue weighted by Crippen LogP contribution is -2.27. The van der Waals surface area contributed by atoms with Gasteiger partial charge in [0, 0.05) is 18.5 Å². The second kappa shape index (κ2) is 7.57. The lowest BCUT2D eigenvalue weighted by molar-refractivity contribution is -0.155. The van der Waals surface area contributed by atoms with Crippen molar-refractivity contribution in [2.75, 3.05) is 0 Å². The van der Waals surface area contributed by atoms with Gasteiger partial charge in [0.05, 0.1) is 6.42 Å². The van der Waals surface area contributed by atoms with Crippen molar-refractivity contribution in [1.29, 1.82) is 0 Å². The zero-order chi connectivity index (χ0) is 15.9. The summed E-state index contributed by atoms with van der Waals surface area (Å²) in [7, 11) is 0. The first-order chi connectivity index (χ1) is 9.80. The highest BCUT2D eigenvalue weighted by Gasteiger charge is 2.16. The van der Waals surface area contributed by atoms with Crippen LogP contribution >= 0.6 is 0 Å². The number of aldehydes is 1. The molecule has 21 heavy (non-hydrogen) atoms. The predicted molar refractivity (Wildman–Crippen MR) is 78.8 cm³/mol. The smallest absolute Gasteiger partial charge is 0.306 e. The number of hydrogen-bond acceptors (Lipinski definition) is 4. The van der Waals surface area contributed by atoms with E-state index in [4.69, 9.17) is 4.74 Å². The highest BCUT2D eigenvalue weighted by Crippen LogP contribution is 2.09. The Balaban J connectivity index is 2.34. The highest BCUT2D eigenvalue weighted by atomic mass is 16.6. The average molecular weight is 291 g/mol. The molecule has 0 heterocycles. The maximum atomic E-state index is 11.7. The lowest BCUT2D eigenvalue weighted by Gasteiger charge is -2.19. The van der Waals surface area contributed by atoms with E-state index < -0.39 is 5.60 Å². The summed E-state index contributed by atoms with van der Waals surface area (Å²) in [4.78, 5) is 33.8. The van der Waals surface area contributed by atoms with E-state index in [-0.39, 0.29) is 24.7 Å². The van der Waals surface area contributed by atoms with Crippen LogP contribution in [0.4, 0.5) is 0 Å². The summed E-state index contributed by atoms with van der Waals surface area (Å²) >= 11 is 0. The fourth-order valence-corrected chi connectivity index (χ4v) is 1.67. The van der Waals surface area contributed by atoms with Gasteiger partial charge in [-0.3, -0.25) is 14.4 Å². The van der Waals surface area contributed by atoms with E-state index in [0.717, 1.165) is 11.8 Å². The summed E-state index contributed by atoms with van der Waals surface area (Å²) < 4.78 is 5.12. The molecule has 0 aliphatic heterocycles. The molecule has 1 aromatic carbocycles. The first-order valence-electron chi connectivity index (χ1n) is 6.83. The number of amides is 1. The third kappa shape index (κ3) is 7.25. The van der Waals surface area contributed by atoms with Gasteiger partial charge in [-0.1, -0.05) is 18.2 Å². The maximum absolute atomic E-state index is 11.7. The van der Waals surface area contributed by atoms with Crippen LogP contribution in [0.5, 0.6) is 0 Å². The van der Waals surface area contributed by atoms with Crippen molar-refractivity contribution in [2.24, 2.45) is 0 Å². The summed E-state index contributed by atoms with van der Waals surface area (Å²) in [6, 6.07) is 6.98. The Morgan fingerprint density at radius 1 is 1.24 bits per heavy atom. The Morgan fingerprint density at radius 3 is 2.57 bits per heavy atom. The van der Waals surface area contributed by atoms with E-state index in [1.165, 1.54) is 0 Å². The Morgan fingerprint density at radius 2 is 1.95 bits per heavy atom. The molecule has 5 nitrogen and oxygen atoms in total. The van der Waals surface area contributed by atoms with E-state index in [2.05, 4.69) is 5.32 Å². The van der Waals surface area contributed by atoms with Gasteiger partial charge in [0.25, 0.3) is 0 Å². The van der Waals surface area contributed by atoms with Crippen molar-refractivity contribution in [3.63, 3.8) is 0 Å². The van der Waals surface area contributed by atoms with E-state index in [1.807, 2.05) is 6.07 Å². The molecule has 1 rings (SSSR count). The van der Waals surface area contributed by atoms with E-state index in [1.54, 1.807) is 39.0 Å². The molecule has 1 N–H and O–H groups in total. The zero-order valence-electron chi connectivity index (χ0n) is 12.6. The minimum Gasteiger partial charge on any atom is -0.460 e. The van der Waals surface area contributed by atoms with Gasteiger partial charge in [-0.05, 0) is 32.4 Å². The molecule has 0 aromatic heterocycles.